The van der Waals surface area contributed by atoms with E-state index in [1.165, 1.54) is 6.07 Å². The summed E-state index contributed by atoms with van der Waals surface area (Å²) in [5.41, 5.74) is 1.30. The van der Waals surface area contributed by atoms with Crippen LogP contribution in [0.1, 0.15) is 35.2 Å². The highest BCUT2D eigenvalue weighted by Gasteiger charge is 2.27. The number of aliphatic hydroxyl groups is 1. The molecule has 6 heteroatoms. The van der Waals surface area contributed by atoms with E-state index in [0.29, 0.717) is 31.6 Å². The Kier molecular flexibility index (Phi) is 4.11. The Labute approximate surface area is 128 Å². The largest absolute Gasteiger partial charge is 0.396 e. The van der Waals surface area contributed by atoms with Gasteiger partial charge in [0.25, 0.3) is 5.91 Å². The molecular formula is C16H19FN2O3. The molecule has 1 unspecified atom stereocenters. The third kappa shape index (κ3) is 2.83. The van der Waals surface area contributed by atoms with Crippen LogP contribution in [0, 0.1) is 11.7 Å². The van der Waals surface area contributed by atoms with Crippen molar-refractivity contribution in [2.45, 2.75) is 25.7 Å². The molecule has 0 saturated carbocycles. The Bertz CT molecular complexity index is 618. The first-order chi connectivity index (χ1) is 10.6. The molecule has 0 radical (unpaired) electrons. The lowest BCUT2D eigenvalue weighted by molar-refractivity contribution is -0.116. The fraction of sp³-hybridized carbons (Fsp3) is 0.500. The maximum absolute atomic E-state index is 14.2. The van der Waals surface area contributed by atoms with Crippen molar-refractivity contribution in [1.82, 2.24) is 4.90 Å². The molecule has 0 spiro atoms. The number of fused-ring (bicyclic) bond motifs is 1. The summed E-state index contributed by atoms with van der Waals surface area (Å²) in [5, 5.41) is 11.9. The van der Waals surface area contributed by atoms with Crippen LogP contribution in [0.15, 0.2) is 12.1 Å². The average molecular weight is 306 g/mol. The van der Waals surface area contributed by atoms with Gasteiger partial charge in [-0.15, -0.1) is 0 Å². The maximum Gasteiger partial charge on any atom is 0.256 e. The number of carbonyl (C=O) groups excluding carboxylic acids is 2. The van der Waals surface area contributed by atoms with Gasteiger partial charge in [-0.05, 0) is 42.9 Å². The Morgan fingerprint density at radius 3 is 3.00 bits per heavy atom. The molecule has 5 nitrogen and oxygen atoms in total. The maximum atomic E-state index is 14.2. The van der Waals surface area contributed by atoms with Gasteiger partial charge in [-0.3, -0.25) is 9.59 Å². The van der Waals surface area contributed by atoms with Crippen LogP contribution in [0.4, 0.5) is 10.1 Å². The van der Waals surface area contributed by atoms with Crippen LogP contribution in [0.5, 0.6) is 0 Å². The number of likely N-dealkylation sites (tertiary alicyclic amines) is 1. The second-order valence-electron chi connectivity index (χ2n) is 5.98. The van der Waals surface area contributed by atoms with Crippen molar-refractivity contribution in [3.05, 3.63) is 29.1 Å². The highest BCUT2D eigenvalue weighted by molar-refractivity contribution is 5.98. The highest BCUT2D eigenvalue weighted by Crippen LogP contribution is 2.27. The Morgan fingerprint density at radius 2 is 2.23 bits per heavy atom. The lowest BCUT2D eigenvalue weighted by Crippen LogP contribution is -2.41. The average Bonchev–Trinajstić information content (AvgIpc) is 2.53. The van der Waals surface area contributed by atoms with Crippen LogP contribution in [-0.2, 0) is 11.2 Å². The van der Waals surface area contributed by atoms with Gasteiger partial charge in [0.1, 0.15) is 5.82 Å². The number of hydrogen-bond acceptors (Lipinski definition) is 3. The van der Waals surface area contributed by atoms with E-state index in [4.69, 9.17) is 0 Å². The first kappa shape index (κ1) is 15.0. The fourth-order valence-electron chi connectivity index (χ4n) is 3.13. The predicted octanol–water partition coefficient (Wildman–Crippen LogP) is 1.55. The molecule has 0 aromatic heterocycles. The van der Waals surface area contributed by atoms with E-state index in [-0.39, 0.29) is 29.9 Å². The third-order valence-corrected chi connectivity index (χ3v) is 4.38. The Morgan fingerprint density at radius 1 is 1.41 bits per heavy atom. The Balaban J connectivity index is 1.85. The molecule has 2 N–H and O–H groups in total. The number of benzene rings is 1. The number of hydrogen-bond donors (Lipinski definition) is 2. The smallest absolute Gasteiger partial charge is 0.256 e. The predicted molar refractivity (Wildman–Crippen MR) is 79.1 cm³/mol. The molecule has 1 saturated heterocycles. The van der Waals surface area contributed by atoms with Gasteiger partial charge < -0.3 is 15.3 Å². The van der Waals surface area contributed by atoms with Crippen LogP contribution in [-0.4, -0.2) is 41.5 Å². The van der Waals surface area contributed by atoms with E-state index in [1.807, 2.05) is 0 Å². The second kappa shape index (κ2) is 6.04. The number of carbonyl (C=O) groups is 2. The molecule has 1 aromatic rings. The number of piperidine rings is 1. The summed E-state index contributed by atoms with van der Waals surface area (Å²) in [4.78, 5) is 25.5. The number of rotatable bonds is 2. The molecular weight excluding hydrogens is 287 g/mol. The first-order valence-corrected chi connectivity index (χ1v) is 7.61. The number of aryl methyl sites for hydroxylation is 1. The summed E-state index contributed by atoms with van der Waals surface area (Å²) >= 11 is 0. The van der Waals surface area contributed by atoms with Crippen molar-refractivity contribution < 1.29 is 19.1 Å². The van der Waals surface area contributed by atoms with E-state index in [0.717, 1.165) is 18.4 Å². The van der Waals surface area contributed by atoms with Gasteiger partial charge in [0.05, 0.1) is 5.56 Å². The molecule has 2 amide bonds. The minimum absolute atomic E-state index is 0.0441. The molecule has 2 aliphatic rings. The summed E-state index contributed by atoms with van der Waals surface area (Å²) in [5.74, 6) is -1.02. The van der Waals surface area contributed by atoms with Crippen molar-refractivity contribution in [1.29, 1.82) is 0 Å². The normalized spacial score (nSPS) is 21.3. The number of amides is 2. The topological polar surface area (TPSA) is 69.6 Å². The quantitative estimate of drug-likeness (QED) is 0.871. The van der Waals surface area contributed by atoms with Crippen LogP contribution in [0.25, 0.3) is 0 Å². The van der Waals surface area contributed by atoms with Gasteiger partial charge in [-0.25, -0.2) is 4.39 Å². The molecule has 1 fully saturated rings. The molecule has 0 aliphatic carbocycles. The minimum atomic E-state index is -0.614. The van der Waals surface area contributed by atoms with Crippen LogP contribution in [0.2, 0.25) is 0 Å². The van der Waals surface area contributed by atoms with Crippen LogP contribution in [0.3, 0.4) is 0 Å². The van der Waals surface area contributed by atoms with Gasteiger partial charge in [-0.2, -0.15) is 0 Å². The van der Waals surface area contributed by atoms with Crippen molar-refractivity contribution in [3.8, 4) is 0 Å². The van der Waals surface area contributed by atoms with E-state index >= 15 is 0 Å². The van der Waals surface area contributed by atoms with Crippen molar-refractivity contribution in [3.63, 3.8) is 0 Å². The number of nitrogens with one attached hydrogen (secondary N) is 1. The fourth-order valence-corrected chi connectivity index (χ4v) is 3.13. The molecule has 1 atom stereocenters. The van der Waals surface area contributed by atoms with Crippen molar-refractivity contribution in [2.75, 3.05) is 25.0 Å². The first-order valence-electron chi connectivity index (χ1n) is 7.61. The van der Waals surface area contributed by atoms with Gasteiger partial charge in [-0.1, -0.05) is 0 Å². The molecule has 2 aliphatic heterocycles. The Hall–Kier alpha value is -1.95. The van der Waals surface area contributed by atoms with Crippen molar-refractivity contribution in [2.24, 2.45) is 5.92 Å². The molecule has 2 heterocycles. The zero-order chi connectivity index (χ0) is 15.7. The monoisotopic (exact) mass is 306 g/mol. The van der Waals surface area contributed by atoms with Gasteiger partial charge in [0, 0.05) is 31.8 Å². The zero-order valence-corrected chi connectivity index (χ0v) is 12.3. The number of aliphatic hydroxyl groups excluding tert-OH is 1. The van der Waals surface area contributed by atoms with Crippen LogP contribution >= 0.6 is 0 Å². The van der Waals surface area contributed by atoms with Gasteiger partial charge in [0.15, 0.2) is 0 Å². The summed E-state index contributed by atoms with van der Waals surface area (Å²) in [7, 11) is 0. The van der Waals surface area contributed by atoms with E-state index in [1.54, 1.807) is 11.0 Å². The summed E-state index contributed by atoms with van der Waals surface area (Å²) in [6, 6.07) is 2.78. The lowest BCUT2D eigenvalue weighted by Gasteiger charge is -2.32. The molecule has 22 heavy (non-hydrogen) atoms. The van der Waals surface area contributed by atoms with E-state index in [9.17, 15) is 19.1 Å². The van der Waals surface area contributed by atoms with Gasteiger partial charge in [0.2, 0.25) is 5.91 Å². The van der Waals surface area contributed by atoms with Crippen LogP contribution < -0.4 is 5.32 Å². The molecule has 0 bridgehead atoms. The molecule has 1 aromatic carbocycles. The standard InChI is InChI=1S/C16H19FN2O3/c17-13-7-14-11(3-4-15(21)18-14)6-12(13)16(22)19-5-1-2-10(8-19)9-20/h6-7,10,20H,1-5,8-9H2,(H,18,21). The molecule has 3 rings (SSSR count). The molecule has 118 valence electrons. The van der Waals surface area contributed by atoms with Crippen molar-refractivity contribution >= 4 is 17.5 Å². The second-order valence-corrected chi connectivity index (χ2v) is 5.98. The number of anilines is 1. The van der Waals surface area contributed by atoms with Gasteiger partial charge >= 0.3 is 0 Å². The zero-order valence-electron chi connectivity index (χ0n) is 12.3. The summed E-state index contributed by atoms with van der Waals surface area (Å²) in [6.07, 6.45) is 2.57. The number of nitrogens with zero attached hydrogens (tertiary/aromatic N) is 1. The highest BCUT2D eigenvalue weighted by atomic mass is 19.1. The summed E-state index contributed by atoms with van der Waals surface area (Å²) < 4.78 is 14.2. The SMILES string of the molecule is O=C1CCc2cc(C(=O)N3CCCC(CO)C3)c(F)cc2N1. The minimum Gasteiger partial charge on any atom is -0.396 e. The van der Waals surface area contributed by atoms with E-state index < -0.39 is 5.82 Å². The number of halogens is 1. The third-order valence-electron chi connectivity index (χ3n) is 4.38. The lowest BCUT2D eigenvalue weighted by atomic mass is 9.96. The summed E-state index contributed by atoms with van der Waals surface area (Å²) in [6.45, 7) is 1.09. The van der Waals surface area contributed by atoms with E-state index in [2.05, 4.69) is 5.32 Å².